The van der Waals surface area contributed by atoms with E-state index in [1.165, 1.54) is 17.4 Å². The first-order chi connectivity index (χ1) is 13.0. The van der Waals surface area contributed by atoms with Gasteiger partial charge in [-0.1, -0.05) is 0 Å². The van der Waals surface area contributed by atoms with Gasteiger partial charge in [0.05, 0.1) is 0 Å². The third-order valence-corrected chi connectivity index (χ3v) is 7.10. The standard InChI is InChI=1S/C19H26N4O2S2/c1-12-13(2)27-19-17(12)18(21-11-22-19)26-8-6-16(25)23-7-4-5-15(10-23)9-20-14(3)24/h11,15H,4-10H2,1-3H3,(H,20,24). The van der Waals surface area contributed by atoms with Crippen LogP contribution in [0.5, 0.6) is 0 Å². The van der Waals surface area contributed by atoms with Gasteiger partial charge in [-0.3, -0.25) is 9.59 Å². The van der Waals surface area contributed by atoms with Crippen LogP contribution in [-0.2, 0) is 9.59 Å². The normalized spacial score (nSPS) is 17.3. The molecule has 1 unspecified atom stereocenters. The number of aromatic nitrogens is 2. The molecule has 0 spiro atoms. The number of thiophene rings is 1. The summed E-state index contributed by atoms with van der Waals surface area (Å²) < 4.78 is 0. The number of carbonyl (C=O) groups excluding carboxylic acids is 2. The average molecular weight is 407 g/mol. The maximum atomic E-state index is 12.6. The first kappa shape index (κ1) is 20.1. The molecule has 1 saturated heterocycles. The summed E-state index contributed by atoms with van der Waals surface area (Å²) in [5.74, 6) is 1.26. The van der Waals surface area contributed by atoms with E-state index in [2.05, 4.69) is 29.1 Å². The number of carbonyl (C=O) groups is 2. The van der Waals surface area contributed by atoms with Gasteiger partial charge in [0.15, 0.2) is 0 Å². The van der Waals surface area contributed by atoms with Gasteiger partial charge in [0.1, 0.15) is 16.2 Å². The lowest BCUT2D eigenvalue weighted by atomic mass is 9.98. The molecule has 146 valence electrons. The van der Waals surface area contributed by atoms with Crippen molar-refractivity contribution in [1.29, 1.82) is 0 Å². The molecule has 8 heteroatoms. The molecule has 0 aliphatic carbocycles. The maximum absolute atomic E-state index is 12.6. The van der Waals surface area contributed by atoms with Crippen LogP contribution in [0.15, 0.2) is 11.4 Å². The Morgan fingerprint density at radius 1 is 1.37 bits per heavy atom. The summed E-state index contributed by atoms with van der Waals surface area (Å²) in [5.41, 5.74) is 1.24. The molecule has 2 aromatic rings. The molecule has 1 atom stereocenters. The summed E-state index contributed by atoms with van der Waals surface area (Å²) in [6.07, 6.45) is 4.18. The molecule has 0 bridgehead atoms. The molecule has 27 heavy (non-hydrogen) atoms. The van der Waals surface area contributed by atoms with Gasteiger partial charge in [-0.25, -0.2) is 9.97 Å². The number of hydrogen-bond donors (Lipinski definition) is 1. The van der Waals surface area contributed by atoms with Crippen molar-refractivity contribution in [3.63, 3.8) is 0 Å². The monoisotopic (exact) mass is 406 g/mol. The quantitative estimate of drug-likeness (QED) is 0.589. The Kier molecular flexibility index (Phi) is 6.70. The summed E-state index contributed by atoms with van der Waals surface area (Å²) in [4.78, 5) is 36.7. The van der Waals surface area contributed by atoms with Crippen LogP contribution in [-0.4, -0.2) is 52.1 Å². The molecule has 2 aromatic heterocycles. The zero-order chi connectivity index (χ0) is 19.4. The number of amides is 2. The van der Waals surface area contributed by atoms with Gasteiger partial charge in [0.2, 0.25) is 11.8 Å². The number of thioether (sulfide) groups is 1. The number of rotatable bonds is 6. The first-order valence-electron chi connectivity index (χ1n) is 9.31. The number of piperidine rings is 1. The molecular formula is C19H26N4O2S2. The van der Waals surface area contributed by atoms with Crippen LogP contribution in [0.3, 0.4) is 0 Å². The zero-order valence-corrected chi connectivity index (χ0v) is 17.7. The van der Waals surface area contributed by atoms with E-state index >= 15 is 0 Å². The van der Waals surface area contributed by atoms with Crippen LogP contribution >= 0.6 is 23.1 Å². The van der Waals surface area contributed by atoms with Crippen LogP contribution in [0.2, 0.25) is 0 Å². The highest BCUT2D eigenvalue weighted by molar-refractivity contribution is 7.99. The van der Waals surface area contributed by atoms with Crippen molar-refractivity contribution in [3.05, 3.63) is 16.8 Å². The molecule has 1 N–H and O–H groups in total. The largest absolute Gasteiger partial charge is 0.356 e. The van der Waals surface area contributed by atoms with Gasteiger partial charge in [-0.15, -0.1) is 23.1 Å². The molecule has 2 amide bonds. The minimum atomic E-state index is -0.00928. The van der Waals surface area contributed by atoms with Crippen LogP contribution < -0.4 is 5.32 Å². The summed E-state index contributed by atoms with van der Waals surface area (Å²) in [6, 6.07) is 0. The molecule has 1 aliphatic rings. The molecule has 0 radical (unpaired) electrons. The van der Waals surface area contributed by atoms with Gasteiger partial charge in [-0.2, -0.15) is 0 Å². The summed E-state index contributed by atoms with van der Waals surface area (Å²) in [7, 11) is 0. The van der Waals surface area contributed by atoms with Gasteiger partial charge in [0, 0.05) is 49.0 Å². The van der Waals surface area contributed by atoms with Crippen molar-refractivity contribution in [3.8, 4) is 0 Å². The first-order valence-corrected chi connectivity index (χ1v) is 11.1. The number of nitrogens with zero attached hydrogens (tertiary/aromatic N) is 3. The number of nitrogens with one attached hydrogen (secondary N) is 1. The highest BCUT2D eigenvalue weighted by Gasteiger charge is 2.23. The highest BCUT2D eigenvalue weighted by atomic mass is 32.2. The lowest BCUT2D eigenvalue weighted by molar-refractivity contribution is -0.132. The second-order valence-electron chi connectivity index (χ2n) is 7.03. The highest BCUT2D eigenvalue weighted by Crippen LogP contribution is 2.34. The van der Waals surface area contributed by atoms with E-state index in [1.54, 1.807) is 29.4 Å². The van der Waals surface area contributed by atoms with Crippen molar-refractivity contribution < 1.29 is 9.59 Å². The molecule has 1 fully saturated rings. The lowest BCUT2D eigenvalue weighted by Crippen LogP contribution is -2.43. The van der Waals surface area contributed by atoms with E-state index in [-0.39, 0.29) is 11.8 Å². The van der Waals surface area contributed by atoms with Crippen molar-refractivity contribution >= 4 is 45.1 Å². The minimum absolute atomic E-state index is 0.00928. The van der Waals surface area contributed by atoms with E-state index in [1.807, 2.05) is 4.90 Å². The van der Waals surface area contributed by atoms with Crippen LogP contribution in [0, 0.1) is 19.8 Å². The maximum Gasteiger partial charge on any atom is 0.223 e. The molecule has 6 nitrogen and oxygen atoms in total. The Morgan fingerprint density at radius 2 is 2.19 bits per heavy atom. The Morgan fingerprint density at radius 3 is 2.96 bits per heavy atom. The second kappa shape index (κ2) is 9.01. The molecule has 1 aliphatic heterocycles. The van der Waals surface area contributed by atoms with Gasteiger partial charge in [0.25, 0.3) is 0 Å². The predicted octanol–water partition coefficient (Wildman–Crippen LogP) is 3.17. The van der Waals surface area contributed by atoms with E-state index < -0.39 is 0 Å². The zero-order valence-electron chi connectivity index (χ0n) is 16.1. The Labute approximate surface area is 168 Å². The number of fused-ring (bicyclic) bond motifs is 1. The number of hydrogen-bond acceptors (Lipinski definition) is 6. The average Bonchev–Trinajstić information content (AvgIpc) is 2.95. The van der Waals surface area contributed by atoms with Crippen molar-refractivity contribution in [1.82, 2.24) is 20.2 Å². The SMILES string of the molecule is CC(=O)NCC1CCCN(C(=O)CCSc2ncnc3sc(C)c(C)c23)C1. The van der Waals surface area contributed by atoms with Gasteiger partial charge in [-0.05, 0) is 38.2 Å². The lowest BCUT2D eigenvalue weighted by Gasteiger charge is -2.33. The van der Waals surface area contributed by atoms with Crippen molar-refractivity contribution in [2.75, 3.05) is 25.4 Å². The Bertz CT molecular complexity index is 836. The van der Waals surface area contributed by atoms with Crippen molar-refractivity contribution in [2.45, 2.75) is 45.1 Å². The number of likely N-dealkylation sites (tertiary alicyclic amines) is 1. The third-order valence-electron chi connectivity index (χ3n) is 5.00. The smallest absolute Gasteiger partial charge is 0.223 e. The minimum Gasteiger partial charge on any atom is -0.356 e. The van der Waals surface area contributed by atoms with Crippen molar-refractivity contribution in [2.24, 2.45) is 5.92 Å². The third kappa shape index (κ3) is 4.99. The Balaban J connectivity index is 1.53. The molecule has 3 heterocycles. The molecule has 3 rings (SSSR count). The van der Waals surface area contributed by atoms with E-state index in [0.717, 1.165) is 41.2 Å². The predicted molar refractivity (Wildman–Crippen MR) is 110 cm³/mol. The molecular weight excluding hydrogens is 380 g/mol. The molecule has 0 aromatic carbocycles. The van der Waals surface area contributed by atoms with Crippen LogP contribution in [0.25, 0.3) is 10.2 Å². The molecule has 0 saturated carbocycles. The van der Waals surface area contributed by atoms with Crippen LogP contribution in [0.1, 0.15) is 36.6 Å². The van der Waals surface area contributed by atoms with Crippen LogP contribution in [0.4, 0.5) is 0 Å². The second-order valence-corrected chi connectivity index (χ2v) is 9.31. The fourth-order valence-electron chi connectivity index (χ4n) is 3.40. The van der Waals surface area contributed by atoms with E-state index in [9.17, 15) is 9.59 Å². The van der Waals surface area contributed by atoms with E-state index in [0.29, 0.717) is 24.6 Å². The fraction of sp³-hybridized carbons (Fsp3) is 0.579. The summed E-state index contributed by atoms with van der Waals surface area (Å²) in [6.45, 7) is 7.96. The van der Waals surface area contributed by atoms with E-state index in [4.69, 9.17) is 0 Å². The van der Waals surface area contributed by atoms with Gasteiger partial charge < -0.3 is 10.2 Å². The fourth-order valence-corrected chi connectivity index (χ4v) is 5.45. The topological polar surface area (TPSA) is 75.2 Å². The number of aryl methyl sites for hydroxylation is 2. The van der Waals surface area contributed by atoms with Gasteiger partial charge >= 0.3 is 0 Å². The Hall–Kier alpha value is -1.67. The summed E-state index contributed by atoms with van der Waals surface area (Å²) >= 11 is 3.33. The summed E-state index contributed by atoms with van der Waals surface area (Å²) in [5, 5.41) is 4.97.